The molecular weight excluding hydrogens is 460 g/mol. The van der Waals surface area contributed by atoms with E-state index in [2.05, 4.69) is 37.4 Å². The van der Waals surface area contributed by atoms with E-state index in [0.717, 1.165) is 0 Å². The molecule has 0 aliphatic carbocycles. The predicted octanol–water partition coefficient (Wildman–Crippen LogP) is 2.76. The maximum atomic E-state index is 12.4. The van der Waals surface area contributed by atoms with Gasteiger partial charge in [-0.1, -0.05) is 22.9 Å². The molecule has 0 atom stereocenters. The lowest BCUT2D eigenvalue weighted by atomic mass is 10.2. The molecule has 0 bridgehead atoms. The van der Waals surface area contributed by atoms with Crippen molar-refractivity contribution in [2.75, 3.05) is 12.4 Å². The summed E-state index contributed by atoms with van der Waals surface area (Å²) < 4.78 is 5.86. The molecule has 2 rings (SSSR count). The summed E-state index contributed by atoms with van der Waals surface area (Å²) in [6.45, 7) is 1.75. The molecule has 0 fully saturated rings. The summed E-state index contributed by atoms with van der Waals surface area (Å²) in [4.78, 5) is 35.9. The molecular formula is C19H19BrN4O4S. The van der Waals surface area contributed by atoms with Crippen LogP contribution in [-0.4, -0.2) is 29.9 Å². The lowest BCUT2D eigenvalue weighted by Crippen LogP contribution is -2.48. The number of benzene rings is 2. The van der Waals surface area contributed by atoms with E-state index < -0.39 is 11.8 Å². The highest BCUT2D eigenvalue weighted by molar-refractivity contribution is 9.10. The molecule has 2 aromatic carbocycles. The number of halogens is 1. The number of thiocarbonyl (C=S) groups is 1. The summed E-state index contributed by atoms with van der Waals surface area (Å²) in [6.07, 6.45) is 0.362. The third-order valence-electron chi connectivity index (χ3n) is 3.67. The van der Waals surface area contributed by atoms with Crippen LogP contribution < -0.4 is 26.2 Å². The molecule has 152 valence electrons. The van der Waals surface area contributed by atoms with Gasteiger partial charge in [0.1, 0.15) is 5.75 Å². The molecule has 4 N–H and O–H groups in total. The first kappa shape index (κ1) is 22.3. The fourth-order valence-electron chi connectivity index (χ4n) is 2.20. The first-order valence-corrected chi connectivity index (χ1v) is 9.69. The number of carbonyl (C=O) groups is 3. The van der Waals surface area contributed by atoms with Crippen molar-refractivity contribution in [1.82, 2.24) is 16.2 Å². The minimum absolute atomic E-state index is 0.0859. The summed E-state index contributed by atoms with van der Waals surface area (Å²) in [5.74, 6) is -0.694. The fraction of sp³-hybridized carbons (Fsp3) is 0.158. The average molecular weight is 479 g/mol. The van der Waals surface area contributed by atoms with Gasteiger partial charge in [-0.25, -0.2) is 0 Å². The van der Waals surface area contributed by atoms with Gasteiger partial charge in [0.05, 0.1) is 12.7 Å². The molecule has 0 radical (unpaired) electrons. The standard InChI is InChI=1S/C19H19BrN4O4S/c1-3-16(25)21-13-7-4-11(5-8-13)17(26)23-24-19(29)22-18(27)14-10-12(20)6-9-15(14)28-2/h4-10H,3H2,1-2H3,(H,21,25)(H,23,26)(H2,22,24,27,29). The number of hydrogen-bond donors (Lipinski definition) is 4. The molecule has 0 aliphatic heterocycles. The summed E-state index contributed by atoms with van der Waals surface area (Å²) >= 11 is 8.33. The van der Waals surface area contributed by atoms with Gasteiger partial charge in [-0.3, -0.25) is 30.6 Å². The predicted molar refractivity (Wildman–Crippen MR) is 117 cm³/mol. The zero-order valence-corrected chi connectivity index (χ0v) is 18.1. The fourth-order valence-corrected chi connectivity index (χ4v) is 2.70. The highest BCUT2D eigenvalue weighted by atomic mass is 79.9. The Balaban J connectivity index is 1.90. The Morgan fingerprint density at radius 3 is 2.34 bits per heavy atom. The Labute approximate surface area is 181 Å². The van der Waals surface area contributed by atoms with Crippen molar-refractivity contribution in [3.05, 3.63) is 58.1 Å². The van der Waals surface area contributed by atoms with E-state index in [1.54, 1.807) is 49.4 Å². The van der Waals surface area contributed by atoms with Gasteiger partial charge >= 0.3 is 0 Å². The van der Waals surface area contributed by atoms with E-state index in [1.807, 2.05) is 0 Å². The molecule has 8 nitrogen and oxygen atoms in total. The first-order valence-electron chi connectivity index (χ1n) is 8.49. The van der Waals surface area contributed by atoms with Gasteiger partial charge in [-0.2, -0.15) is 0 Å². The Hall–Kier alpha value is -2.98. The molecule has 3 amide bonds. The Bertz CT molecular complexity index is 934. The van der Waals surface area contributed by atoms with Crippen molar-refractivity contribution >= 4 is 56.7 Å². The number of hydrogen-bond acceptors (Lipinski definition) is 5. The van der Waals surface area contributed by atoms with Crippen molar-refractivity contribution in [3.8, 4) is 5.75 Å². The van der Waals surface area contributed by atoms with E-state index in [-0.39, 0.29) is 16.6 Å². The lowest BCUT2D eigenvalue weighted by Gasteiger charge is -2.13. The zero-order valence-electron chi connectivity index (χ0n) is 15.7. The van der Waals surface area contributed by atoms with Crippen molar-refractivity contribution in [2.45, 2.75) is 13.3 Å². The number of hydrazine groups is 1. The van der Waals surface area contributed by atoms with Crippen LogP contribution in [0.1, 0.15) is 34.1 Å². The number of anilines is 1. The normalized spacial score (nSPS) is 9.90. The molecule has 0 aliphatic rings. The van der Waals surface area contributed by atoms with Gasteiger partial charge in [-0.05, 0) is 54.7 Å². The molecule has 29 heavy (non-hydrogen) atoms. The number of amides is 3. The second-order valence-electron chi connectivity index (χ2n) is 5.69. The summed E-state index contributed by atoms with van der Waals surface area (Å²) in [7, 11) is 1.45. The summed E-state index contributed by atoms with van der Waals surface area (Å²) in [5.41, 5.74) is 6.07. The number of rotatable bonds is 5. The second-order valence-corrected chi connectivity index (χ2v) is 7.01. The Morgan fingerprint density at radius 1 is 1.03 bits per heavy atom. The lowest BCUT2D eigenvalue weighted by molar-refractivity contribution is -0.115. The molecule has 10 heteroatoms. The van der Waals surface area contributed by atoms with E-state index in [4.69, 9.17) is 17.0 Å². The largest absolute Gasteiger partial charge is 0.496 e. The van der Waals surface area contributed by atoms with Crippen LogP contribution in [0.15, 0.2) is 46.9 Å². The van der Waals surface area contributed by atoms with Crippen LogP contribution in [0, 0.1) is 0 Å². The van der Waals surface area contributed by atoms with Crippen molar-refractivity contribution in [3.63, 3.8) is 0 Å². The quantitative estimate of drug-likeness (QED) is 0.388. The topological polar surface area (TPSA) is 109 Å². The van der Waals surface area contributed by atoms with Gasteiger partial charge in [0, 0.05) is 22.1 Å². The molecule has 0 saturated heterocycles. The van der Waals surface area contributed by atoms with Crippen molar-refractivity contribution < 1.29 is 19.1 Å². The number of carbonyl (C=O) groups excluding carboxylic acids is 3. The molecule has 0 spiro atoms. The summed E-state index contributed by atoms with van der Waals surface area (Å²) in [5, 5.41) is 5.06. The average Bonchev–Trinajstić information content (AvgIpc) is 2.72. The number of ether oxygens (including phenoxy) is 1. The summed E-state index contributed by atoms with van der Waals surface area (Å²) in [6, 6.07) is 11.3. The van der Waals surface area contributed by atoms with Crippen LogP contribution in [0.3, 0.4) is 0 Å². The van der Waals surface area contributed by atoms with Gasteiger partial charge < -0.3 is 10.1 Å². The van der Waals surface area contributed by atoms with Crippen LogP contribution >= 0.6 is 28.1 Å². The zero-order chi connectivity index (χ0) is 21.4. The second kappa shape index (κ2) is 10.5. The highest BCUT2D eigenvalue weighted by Crippen LogP contribution is 2.22. The van der Waals surface area contributed by atoms with Gasteiger partial charge in [0.15, 0.2) is 5.11 Å². The van der Waals surface area contributed by atoms with Crippen LogP contribution in [0.25, 0.3) is 0 Å². The van der Waals surface area contributed by atoms with Crippen molar-refractivity contribution in [2.24, 2.45) is 0 Å². The molecule has 2 aromatic rings. The minimum atomic E-state index is -0.495. The van der Waals surface area contributed by atoms with Crippen molar-refractivity contribution in [1.29, 1.82) is 0 Å². The molecule has 0 unspecified atom stereocenters. The Kier molecular flexibility index (Phi) is 8.10. The monoisotopic (exact) mass is 478 g/mol. The van der Waals surface area contributed by atoms with E-state index >= 15 is 0 Å². The van der Waals surface area contributed by atoms with E-state index in [9.17, 15) is 14.4 Å². The maximum absolute atomic E-state index is 12.4. The van der Waals surface area contributed by atoms with Gasteiger partial charge in [0.2, 0.25) is 5.91 Å². The van der Waals surface area contributed by atoms with Crippen LogP contribution in [0.2, 0.25) is 0 Å². The number of methoxy groups -OCH3 is 1. The SMILES string of the molecule is CCC(=O)Nc1ccc(C(=O)NNC(=S)NC(=O)c2cc(Br)ccc2OC)cc1. The maximum Gasteiger partial charge on any atom is 0.269 e. The van der Waals surface area contributed by atoms with E-state index in [1.165, 1.54) is 7.11 Å². The van der Waals surface area contributed by atoms with Crippen LogP contribution in [0.4, 0.5) is 5.69 Å². The molecule has 0 heterocycles. The smallest absolute Gasteiger partial charge is 0.269 e. The molecule has 0 aromatic heterocycles. The molecule has 0 saturated carbocycles. The Morgan fingerprint density at radius 2 is 1.72 bits per heavy atom. The first-order chi connectivity index (χ1) is 13.8. The van der Waals surface area contributed by atoms with Crippen LogP contribution in [-0.2, 0) is 4.79 Å². The van der Waals surface area contributed by atoms with E-state index in [0.29, 0.717) is 27.9 Å². The minimum Gasteiger partial charge on any atom is -0.496 e. The highest BCUT2D eigenvalue weighted by Gasteiger charge is 2.15. The van der Waals surface area contributed by atoms with Crippen LogP contribution in [0.5, 0.6) is 5.75 Å². The van der Waals surface area contributed by atoms with Gasteiger partial charge in [0.25, 0.3) is 11.8 Å². The van der Waals surface area contributed by atoms with Gasteiger partial charge in [-0.15, -0.1) is 0 Å². The third-order valence-corrected chi connectivity index (χ3v) is 4.37. The number of nitrogens with one attached hydrogen (secondary N) is 4. The third kappa shape index (κ3) is 6.54.